The lowest BCUT2D eigenvalue weighted by Crippen LogP contribution is -2.54. The molecule has 0 bridgehead atoms. The van der Waals surface area contributed by atoms with Crippen LogP contribution in [0.1, 0.15) is 39.0 Å². The highest BCUT2D eigenvalue weighted by molar-refractivity contribution is 5.87. The molecule has 1 unspecified atom stereocenters. The molecule has 1 aliphatic carbocycles. The van der Waals surface area contributed by atoms with Crippen LogP contribution in [0.4, 0.5) is 0 Å². The molecular weight excluding hydrogens is 260 g/mol. The van der Waals surface area contributed by atoms with E-state index in [0.29, 0.717) is 6.61 Å². The van der Waals surface area contributed by atoms with Crippen molar-refractivity contribution in [3.63, 3.8) is 0 Å². The van der Waals surface area contributed by atoms with Gasteiger partial charge in [0.1, 0.15) is 5.54 Å². The Labute approximate surface area is 119 Å². The third kappa shape index (κ3) is 3.93. The Morgan fingerprint density at radius 2 is 1.95 bits per heavy atom. The number of hydrogen-bond acceptors (Lipinski definition) is 4. The number of carbonyl (C=O) groups excluding carboxylic acids is 1. The van der Waals surface area contributed by atoms with Gasteiger partial charge in [-0.15, -0.1) is 0 Å². The Bertz CT molecular complexity index is 364. The normalized spacial score (nSPS) is 23.1. The summed E-state index contributed by atoms with van der Waals surface area (Å²) in [6.45, 7) is 3.86. The molecule has 6 nitrogen and oxygen atoms in total. The topological polar surface area (TPSA) is 87.7 Å². The van der Waals surface area contributed by atoms with Gasteiger partial charge in [0.15, 0.2) is 0 Å². The summed E-state index contributed by atoms with van der Waals surface area (Å²) in [5.41, 5.74) is -1.12. The molecule has 0 aromatic carbocycles. The molecule has 1 aliphatic heterocycles. The highest BCUT2D eigenvalue weighted by Gasteiger charge is 2.48. The molecule has 0 aromatic rings. The molecule has 1 saturated heterocycles. The van der Waals surface area contributed by atoms with Gasteiger partial charge in [0.05, 0.1) is 12.7 Å². The quantitative estimate of drug-likeness (QED) is 0.634. The Balaban J connectivity index is 1.70. The van der Waals surface area contributed by atoms with Crippen molar-refractivity contribution in [3.8, 4) is 0 Å². The minimum atomic E-state index is -1.12. The molecule has 0 spiro atoms. The molecule has 20 heavy (non-hydrogen) atoms. The van der Waals surface area contributed by atoms with Crippen LogP contribution in [-0.2, 0) is 14.3 Å². The maximum absolute atomic E-state index is 11.9. The maximum Gasteiger partial charge on any atom is 0.329 e. The van der Waals surface area contributed by atoms with Gasteiger partial charge in [0, 0.05) is 6.42 Å². The van der Waals surface area contributed by atoms with Crippen LogP contribution in [0.15, 0.2) is 0 Å². The summed E-state index contributed by atoms with van der Waals surface area (Å²) in [4.78, 5) is 23.2. The molecular formula is C14H24N2O4. The lowest BCUT2D eigenvalue weighted by molar-refractivity contribution is -0.148. The third-order valence-electron chi connectivity index (χ3n) is 4.21. The molecule has 2 fully saturated rings. The predicted octanol–water partition coefficient (Wildman–Crippen LogP) is 0.515. The first kappa shape index (κ1) is 15.3. The van der Waals surface area contributed by atoms with Gasteiger partial charge in [-0.1, -0.05) is 0 Å². The number of nitrogens with one attached hydrogen (secondary N) is 2. The first-order chi connectivity index (χ1) is 9.52. The molecule has 1 saturated carbocycles. The van der Waals surface area contributed by atoms with E-state index in [-0.39, 0.29) is 24.3 Å². The largest absolute Gasteiger partial charge is 0.480 e. The van der Waals surface area contributed by atoms with Gasteiger partial charge < -0.3 is 20.5 Å². The lowest BCUT2D eigenvalue weighted by atomic mass is 9.96. The molecule has 2 rings (SSSR count). The van der Waals surface area contributed by atoms with Crippen molar-refractivity contribution < 1.29 is 19.4 Å². The SMILES string of the molecule is CC(NC(=O)CCOC1CCNCC1)(C(=O)O)C1CC1. The molecule has 2 aliphatic rings. The van der Waals surface area contributed by atoms with Crippen molar-refractivity contribution in [2.45, 2.75) is 50.7 Å². The fourth-order valence-electron chi connectivity index (χ4n) is 2.62. The molecule has 1 heterocycles. The summed E-state index contributed by atoms with van der Waals surface area (Å²) < 4.78 is 5.66. The van der Waals surface area contributed by atoms with E-state index in [1.807, 2.05) is 0 Å². The Morgan fingerprint density at radius 1 is 1.30 bits per heavy atom. The summed E-state index contributed by atoms with van der Waals surface area (Å²) in [7, 11) is 0. The second-order valence-electron chi connectivity index (χ2n) is 5.90. The van der Waals surface area contributed by atoms with E-state index in [1.165, 1.54) is 0 Å². The molecule has 114 valence electrons. The molecule has 3 N–H and O–H groups in total. The highest BCUT2D eigenvalue weighted by atomic mass is 16.5. The van der Waals surface area contributed by atoms with Crippen LogP contribution < -0.4 is 10.6 Å². The van der Waals surface area contributed by atoms with Crippen molar-refractivity contribution in [3.05, 3.63) is 0 Å². The summed E-state index contributed by atoms with van der Waals surface area (Å²) in [5, 5.41) is 15.2. The summed E-state index contributed by atoms with van der Waals surface area (Å²) in [6.07, 6.45) is 4.12. The zero-order valence-electron chi connectivity index (χ0n) is 12.0. The highest BCUT2D eigenvalue weighted by Crippen LogP contribution is 2.39. The van der Waals surface area contributed by atoms with Crippen molar-refractivity contribution >= 4 is 11.9 Å². The van der Waals surface area contributed by atoms with Crippen molar-refractivity contribution in [1.82, 2.24) is 10.6 Å². The Morgan fingerprint density at radius 3 is 2.50 bits per heavy atom. The van der Waals surface area contributed by atoms with Crippen LogP contribution in [0, 0.1) is 5.92 Å². The van der Waals surface area contributed by atoms with Gasteiger partial charge in [-0.2, -0.15) is 0 Å². The monoisotopic (exact) mass is 284 g/mol. The van der Waals surface area contributed by atoms with E-state index in [9.17, 15) is 14.7 Å². The van der Waals surface area contributed by atoms with Crippen LogP contribution in [-0.4, -0.2) is 48.3 Å². The van der Waals surface area contributed by atoms with E-state index >= 15 is 0 Å². The maximum atomic E-state index is 11.9. The Kier molecular flexibility index (Phi) is 4.99. The number of amides is 1. The number of aliphatic carboxylic acids is 1. The minimum absolute atomic E-state index is 0.0642. The summed E-state index contributed by atoms with van der Waals surface area (Å²) in [5.74, 6) is -1.13. The average molecular weight is 284 g/mol. The van der Waals surface area contributed by atoms with Crippen LogP contribution in [0.3, 0.4) is 0 Å². The first-order valence-electron chi connectivity index (χ1n) is 7.39. The second kappa shape index (κ2) is 6.54. The number of carbonyl (C=O) groups is 2. The van der Waals surface area contributed by atoms with Gasteiger partial charge in [-0.25, -0.2) is 4.79 Å². The van der Waals surface area contributed by atoms with Gasteiger partial charge in [0.2, 0.25) is 5.91 Å². The van der Waals surface area contributed by atoms with E-state index in [0.717, 1.165) is 38.8 Å². The third-order valence-corrected chi connectivity index (χ3v) is 4.21. The zero-order valence-corrected chi connectivity index (χ0v) is 12.0. The summed E-state index contributed by atoms with van der Waals surface area (Å²) >= 11 is 0. The zero-order chi connectivity index (χ0) is 14.6. The van der Waals surface area contributed by atoms with E-state index in [1.54, 1.807) is 6.92 Å². The number of carboxylic acids is 1. The van der Waals surface area contributed by atoms with Crippen LogP contribution >= 0.6 is 0 Å². The fourth-order valence-corrected chi connectivity index (χ4v) is 2.62. The second-order valence-corrected chi connectivity index (χ2v) is 5.90. The number of piperidine rings is 1. The van der Waals surface area contributed by atoms with Crippen molar-refractivity contribution in [2.75, 3.05) is 19.7 Å². The predicted molar refractivity (Wildman–Crippen MR) is 73.4 cm³/mol. The fraction of sp³-hybridized carbons (Fsp3) is 0.857. The smallest absolute Gasteiger partial charge is 0.329 e. The van der Waals surface area contributed by atoms with E-state index in [2.05, 4.69) is 10.6 Å². The van der Waals surface area contributed by atoms with Crippen LogP contribution in [0.5, 0.6) is 0 Å². The Hall–Kier alpha value is -1.14. The first-order valence-corrected chi connectivity index (χ1v) is 7.39. The molecule has 1 amide bonds. The van der Waals surface area contributed by atoms with Gasteiger partial charge in [-0.3, -0.25) is 4.79 Å². The standard InChI is InChI=1S/C14H24N2O4/c1-14(13(18)19,10-2-3-10)16-12(17)6-9-20-11-4-7-15-8-5-11/h10-11,15H,2-9H2,1H3,(H,16,17)(H,18,19). The van der Waals surface area contributed by atoms with Gasteiger partial charge >= 0.3 is 5.97 Å². The van der Waals surface area contributed by atoms with Crippen LogP contribution in [0.2, 0.25) is 0 Å². The van der Waals surface area contributed by atoms with Gasteiger partial charge in [-0.05, 0) is 51.6 Å². The lowest BCUT2D eigenvalue weighted by Gasteiger charge is -2.26. The average Bonchev–Trinajstić information content (AvgIpc) is 3.24. The molecule has 0 aromatic heterocycles. The van der Waals surface area contributed by atoms with E-state index in [4.69, 9.17) is 4.74 Å². The molecule has 1 atom stereocenters. The number of rotatable bonds is 7. The number of hydrogen-bond donors (Lipinski definition) is 3. The molecule has 0 radical (unpaired) electrons. The van der Waals surface area contributed by atoms with Crippen molar-refractivity contribution in [2.24, 2.45) is 5.92 Å². The van der Waals surface area contributed by atoms with E-state index < -0.39 is 11.5 Å². The van der Waals surface area contributed by atoms with Crippen molar-refractivity contribution in [1.29, 1.82) is 0 Å². The number of ether oxygens (including phenoxy) is 1. The summed E-state index contributed by atoms with van der Waals surface area (Å²) in [6, 6.07) is 0. The van der Waals surface area contributed by atoms with Crippen LogP contribution in [0.25, 0.3) is 0 Å². The minimum Gasteiger partial charge on any atom is -0.480 e. The number of carboxylic acid groups (broad SMARTS) is 1. The molecule has 6 heteroatoms. The van der Waals surface area contributed by atoms with Gasteiger partial charge in [0.25, 0.3) is 0 Å².